The van der Waals surface area contributed by atoms with Crippen molar-refractivity contribution in [3.05, 3.63) is 0 Å². The van der Waals surface area contributed by atoms with Crippen LogP contribution in [0.25, 0.3) is 0 Å². The predicted octanol–water partition coefficient (Wildman–Crippen LogP) is 3.29. The van der Waals surface area contributed by atoms with Crippen LogP contribution in [0.3, 0.4) is 0 Å². The molecule has 0 heterocycles. The molecular formula is C10H20S2. The number of rotatable bonds is 1. The molecule has 1 fully saturated rings. The zero-order chi connectivity index (χ0) is 9.14. The summed E-state index contributed by atoms with van der Waals surface area (Å²) in [7, 11) is 0. The Balaban J connectivity index is 2.54. The summed E-state index contributed by atoms with van der Waals surface area (Å²) in [5.41, 5.74) is 0. The van der Waals surface area contributed by atoms with Crippen molar-refractivity contribution in [3.8, 4) is 0 Å². The lowest BCUT2D eigenvalue weighted by molar-refractivity contribution is 0.348. The van der Waals surface area contributed by atoms with E-state index in [9.17, 15) is 0 Å². The van der Waals surface area contributed by atoms with E-state index in [1.807, 2.05) is 0 Å². The smallest absolute Gasteiger partial charge is 0.00219 e. The normalized spacial score (nSPS) is 44.0. The van der Waals surface area contributed by atoms with Crippen molar-refractivity contribution in [2.24, 2.45) is 17.8 Å². The van der Waals surface area contributed by atoms with Gasteiger partial charge in [-0.1, -0.05) is 13.8 Å². The van der Waals surface area contributed by atoms with E-state index >= 15 is 0 Å². The molecule has 2 heteroatoms. The Morgan fingerprint density at radius 3 is 2.42 bits per heavy atom. The molecule has 0 spiro atoms. The molecule has 12 heavy (non-hydrogen) atoms. The molecule has 1 aliphatic rings. The van der Waals surface area contributed by atoms with Crippen LogP contribution in [0.4, 0.5) is 0 Å². The van der Waals surface area contributed by atoms with Crippen LogP contribution in [-0.2, 0) is 0 Å². The topological polar surface area (TPSA) is 0 Å². The molecule has 72 valence electrons. The first-order valence-corrected chi connectivity index (χ1v) is 6.07. The van der Waals surface area contributed by atoms with Crippen LogP contribution in [0, 0.1) is 17.8 Å². The minimum absolute atomic E-state index is 0.625. The summed E-state index contributed by atoms with van der Waals surface area (Å²) in [6, 6.07) is 0. The molecule has 1 rings (SSSR count). The average Bonchev–Trinajstić information content (AvgIpc) is 2.09. The minimum atomic E-state index is 0.625. The summed E-state index contributed by atoms with van der Waals surface area (Å²) < 4.78 is 0. The molecule has 0 aromatic carbocycles. The van der Waals surface area contributed by atoms with Gasteiger partial charge in [0.1, 0.15) is 0 Å². The van der Waals surface area contributed by atoms with Gasteiger partial charge in [-0.2, -0.15) is 25.3 Å². The van der Waals surface area contributed by atoms with Gasteiger partial charge in [0.15, 0.2) is 0 Å². The quantitative estimate of drug-likeness (QED) is 0.475. The van der Waals surface area contributed by atoms with E-state index in [-0.39, 0.29) is 0 Å². The predicted molar refractivity (Wildman–Crippen MR) is 62.3 cm³/mol. The Bertz CT molecular complexity index is 136. The monoisotopic (exact) mass is 204 g/mol. The summed E-state index contributed by atoms with van der Waals surface area (Å²) in [5.74, 6) is 3.52. The first-order chi connectivity index (χ1) is 5.63. The Hall–Kier alpha value is 0.700. The minimum Gasteiger partial charge on any atom is -0.179 e. The summed E-state index contributed by atoms with van der Waals surface area (Å²) in [6.07, 6.45) is 3.91. The van der Waals surface area contributed by atoms with Crippen LogP contribution < -0.4 is 0 Å². The van der Waals surface area contributed by atoms with E-state index in [1.54, 1.807) is 0 Å². The molecule has 1 aliphatic carbocycles. The molecule has 3 unspecified atom stereocenters. The molecular weight excluding hydrogens is 184 g/mol. The second-order valence-corrected chi connectivity index (χ2v) is 5.48. The maximum atomic E-state index is 4.60. The van der Waals surface area contributed by atoms with Crippen LogP contribution in [0.1, 0.15) is 33.1 Å². The highest BCUT2D eigenvalue weighted by atomic mass is 32.1. The third-order valence-electron chi connectivity index (χ3n) is 3.06. The number of hydrogen-bond donors (Lipinski definition) is 2. The molecule has 0 aromatic rings. The van der Waals surface area contributed by atoms with Crippen LogP contribution in [0.2, 0.25) is 0 Å². The van der Waals surface area contributed by atoms with Crippen molar-refractivity contribution in [1.29, 1.82) is 0 Å². The van der Waals surface area contributed by atoms with Crippen molar-refractivity contribution in [1.82, 2.24) is 0 Å². The van der Waals surface area contributed by atoms with Gasteiger partial charge < -0.3 is 0 Å². The summed E-state index contributed by atoms with van der Waals surface area (Å²) >= 11 is 9.02. The fourth-order valence-electron chi connectivity index (χ4n) is 2.28. The van der Waals surface area contributed by atoms with E-state index in [1.165, 1.54) is 19.3 Å². The van der Waals surface area contributed by atoms with Gasteiger partial charge in [-0.25, -0.2) is 0 Å². The third-order valence-corrected chi connectivity index (χ3v) is 3.95. The van der Waals surface area contributed by atoms with E-state index in [0.29, 0.717) is 5.25 Å². The van der Waals surface area contributed by atoms with Gasteiger partial charge in [-0.15, -0.1) is 0 Å². The van der Waals surface area contributed by atoms with E-state index < -0.39 is 0 Å². The first-order valence-electron chi connectivity index (χ1n) is 4.92. The fourth-order valence-corrected chi connectivity index (χ4v) is 3.48. The molecule has 0 aromatic heterocycles. The molecule has 0 nitrogen and oxygen atoms in total. The summed E-state index contributed by atoms with van der Waals surface area (Å²) in [4.78, 5) is 0. The molecule has 0 aliphatic heterocycles. The first kappa shape index (κ1) is 10.8. The number of hydrogen-bond acceptors (Lipinski definition) is 2. The van der Waals surface area contributed by atoms with Crippen LogP contribution in [-0.4, -0.2) is 11.0 Å². The molecule has 0 saturated heterocycles. The second-order valence-electron chi connectivity index (χ2n) is 4.39. The Labute approximate surface area is 87.3 Å². The molecule has 0 N–H and O–H groups in total. The van der Waals surface area contributed by atoms with E-state index in [4.69, 9.17) is 0 Å². The standard InChI is InChI=1S/C10H20S2/c1-7-3-9(6-11)8(2)5-10(12)4-7/h7-12H,3-6H2,1-2H3/t7?,8?,9-,10?/m0/s1. The van der Waals surface area contributed by atoms with Crippen LogP contribution >= 0.6 is 25.3 Å². The van der Waals surface area contributed by atoms with Gasteiger partial charge in [0.2, 0.25) is 0 Å². The Morgan fingerprint density at radius 1 is 1.17 bits per heavy atom. The summed E-state index contributed by atoms with van der Waals surface area (Å²) in [6.45, 7) is 4.69. The van der Waals surface area contributed by atoms with E-state index in [0.717, 1.165) is 23.5 Å². The van der Waals surface area contributed by atoms with Gasteiger partial charge in [0, 0.05) is 5.25 Å². The van der Waals surface area contributed by atoms with Gasteiger partial charge in [-0.05, 0) is 42.8 Å². The molecule has 0 radical (unpaired) electrons. The molecule has 1 saturated carbocycles. The fraction of sp³-hybridized carbons (Fsp3) is 1.00. The summed E-state index contributed by atoms with van der Waals surface area (Å²) in [5, 5.41) is 0.625. The second kappa shape index (κ2) is 4.80. The third kappa shape index (κ3) is 2.88. The maximum Gasteiger partial charge on any atom is 0.00219 e. The molecule has 0 amide bonds. The highest BCUT2D eigenvalue weighted by Gasteiger charge is 2.26. The van der Waals surface area contributed by atoms with Crippen molar-refractivity contribution >= 4 is 25.3 Å². The zero-order valence-corrected chi connectivity index (χ0v) is 9.82. The highest BCUT2D eigenvalue weighted by molar-refractivity contribution is 7.81. The zero-order valence-electron chi connectivity index (χ0n) is 8.03. The highest BCUT2D eigenvalue weighted by Crippen LogP contribution is 2.34. The molecule has 0 bridgehead atoms. The van der Waals surface area contributed by atoms with Gasteiger partial charge >= 0.3 is 0 Å². The molecule has 4 atom stereocenters. The van der Waals surface area contributed by atoms with Gasteiger partial charge in [0.05, 0.1) is 0 Å². The van der Waals surface area contributed by atoms with Crippen molar-refractivity contribution in [3.63, 3.8) is 0 Å². The van der Waals surface area contributed by atoms with Crippen molar-refractivity contribution in [2.45, 2.75) is 38.4 Å². The average molecular weight is 204 g/mol. The van der Waals surface area contributed by atoms with E-state index in [2.05, 4.69) is 39.1 Å². The largest absolute Gasteiger partial charge is 0.179 e. The maximum absolute atomic E-state index is 4.60. The SMILES string of the molecule is CC1CC(S)CC(C)[C@H](CS)C1. The van der Waals surface area contributed by atoms with Crippen molar-refractivity contribution < 1.29 is 0 Å². The lowest BCUT2D eigenvalue weighted by atomic mass is 9.89. The lowest BCUT2D eigenvalue weighted by Crippen LogP contribution is -2.14. The Morgan fingerprint density at radius 2 is 1.83 bits per heavy atom. The van der Waals surface area contributed by atoms with Gasteiger partial charge in [-0.3, -0.25) is 0 Å². The van der Waals surface area contributed by atoms with Gasteiger partial charge in [0.25, 0.3) is 0 Å². The van der Waals surface area contributed by atoms with Crippen LogP contribution in [0.15, 0.2) is 0 Å². The van der Waals surface area contributed by atoms with Crippen molar-refractivity contribution in [2.75, 3.05) is 5.75 Å². The Kier molecular flexibility index (Phi) is 4.31. The lowest BCUT2D eigenvalue weighted by Gasteiger charge is -2.20. The van der Waals surface area contributed by atoms with Crippen LogP contribution in [0.5, 0.6) is 0 Å². The number of thiol groups is 2.